The summed E-state index contributed by atoms with van der Waals surface area (Å²) in [6, 6.07) is -0.957. The molecule has 1 unspecified atom stereocenters. The lowest BCUT2D eigenvalue weighted by Crippen LogP contribution is -2.48. The Labute approximate surface area is 95.1 Å². The van der Waals surface area contributed by atoms with Gasteiger partial charge in [0.15, 0.2) is 6.29 Å². The number of imide groups is 1. The number of hydrogen-bond acceptors (Lipinski definition) is 4. The van der Waals surface area contributed by atoms with Crippen molar-refractivity contribution >= 4 is 12.1 Å². The second-order valence-corrected chi connectivity index (χ2v) is 2.94. The summed E-state index contributed by atoms with van der Waals surface area (Å²) in [5.41, 5.74) is 0. The predicted octanol–water partition coefficient (Wildman–Crippen LogP) is -0.0238. The van der Waals surface area contributed by atoms with E-state index in [-0.39, 0.29) is 19.4 Å². The first-order chi connectivity index (χ1) is 7.56. The molecule has 7 nitrogen and oxygen atoms in total. The summed E-state index contributed by atoms with van der Waals surface area (Å²) in [7, 11) is 4.42. The number of urea groups is 2. The number of methoxy groups -OCH3 is 1. The summed E-state index contributed by atoms with van der Waals surface area (Å²) in [4.78, 5) is 23.7. The summed E-state index contributed by atoms with van der Waals surface area (Å²) in [5, 5.41) is 4.74. The van der Waals surface area contributed by atoms with E-state index < -0.39 is 12.1 Å². The smallest absolute Gasteiger partial charge is 0.325 e. The number of carbonyl (C=O) groups excluding carboxylic acids is 2. The molecule has 7 heteroatoms. The van der Waals surface area contributed by atoms with Gasteiger partial charge in [-0.15, -0.1) is 0 Å². The number of ether oxygens (including phenoxy) is 2. The molecule has 0 heterocycles. The monoisotopic (exact) mass is 233 g/mol. The molecule has 0 aliphatic carbocycles. The summed E-state index contributed by atoms with van der Waals surface area (Å²) in [6.07, 6.45) is -0.365. The third-order valence-corrected chi connectivity index (χ3v) is 1.92. The van der Waals surface area contributed by atoms with Crippen molar-refractivity contribution < 1.29 is 19.1 Å². The molecule has 0 aromatic rings. The van der Waals surface area contributed by atoms with E-state index in [4.69, 9.17) is 9.47 Å². The Morgan fingerprint density at radius 3 is 2.12 bits per heavy atom. The van der Waals surface area contributed by atoms with E-state index in [1.807, 2.05) is 0 Å². The minimum Gasteiger partial charge on any atom is -0.356 e. The highest BCUT2D eigenvalue weighted by molar-refractivity contribution is 5.93. The number of amides is 4. The first-order valence-electron chi connectivity index (χ1n) is 4.92. The predicted molar refractivity (Wildman–Crippen MR) is 58.0 cm³/mol. The first kappa shape index (κ1) is 14.7. The van der Waals surface area contributed by atoms with Crippen LogP contribution < -0.4 is 10.6 Å². The highest BCUT2D eigenvalue weighted by Crippen LogP contribution is 1.94. The molecular formula is C9H19N3O4. The van der Waals surface area contributed by atoms with Gasteiger partial charge in [-0.1, -0.05) is 0 Å². The fourth-order valence-corrected chi connectivity index (χ4v) is 0.943. The lowest BCUT2D eigenvalue weighted by molar-refractivity contribution is -0.111. The van der Waals surface area contributed by atoms with Crippen LogP contribution in [0.5, 0.6) is 0 Å². The maximum absolute atomic E-state index is 11.3. The molecule has 0 bridgehead atoms. The minimum atomic E-state index is -0.479. The van der Waals surface area contributed by atoms with Crippen LogP contribution in [0.15, 0.2) is 0 Å². The molecule has 0 radical (unpaired) electrons. The molecular weight excluding hydrogens is 214 g/mol. The van der Waals surface area contributed by atoms with E-state index >= 15 is 0 Å². The summed E-state index contributed by atoms with van der Waals surface area (Å²) >= 11 is 0. The Balaban J connectivity index is 4.12. The average molecular weight is 233 g/mol. The molecule has 2 N–H and O–H groups in total. The van der Waals surface area contributed by atoms with Crippen LogP contribution in [0.1, 0.15) is 6.92 Å². The van der Waals surface area contributed by atoms with Crippen molar-refractivity contribution in [2.24, 2.45) is 0 Å². The lowest BCUT2D eigenvalue weighted by Gasteiger charge is -2.20. The van der Waals surface area contributed by atoms with Crippen LogP contribution in [0.3, 0.4) is 0 Å². The number of rotatable bonds is 5. The van der Waals surface area contributed by atoms with E-state index in [9.17, 15) is 9.59 Å². The summed E-state index contributed by atoms with van der Waals surface area (Å²) in [6.45, 7) is 2.10. The molecule has 0 rings (SSSR count). The largest absolute Gasteiger partial charge is 0.356 e. The van der Waals surface area contributed by atoms with Crippen LogP contribution in [-0.2, 0) is 9.47 Å². The van der Waals surface area contributed by atoms with Gasteiger partial charge in [0.2, 0.25) is 0 Å². The van der Waals surface area contributed by atoms with Gasteiger partial charge < -0.3 is 20.1 Å². The van der Waals surface area contributed by atoms with Crippen LogP contribution in [0.2, 0.25) is 0 Å². The van der Waals surface area contributed by atoms with E-state index in [1.54, 1.807) is 6.92 Å². The maximum Gasteiger partial charge on any atom is 0.325 e. The van der Waals surface area contributed by atoms with Crippen LogP contribution in [0.25, 0.3) is 0 Å². The Hall–Kier alpha value is -1.34. The van der Waals surface area contributed by atoms with Gasteiger partial charge in [-0.3, -0.25) is 0 Å². The van der Waals surface area contributed by atoms with Crippen molar-refractivity contribution in [3.05, 3.63) is 0 Å². The first-order valence-corrected chi connectivity index (χ1v) is 4.92. The Morgan fingerprint density at radius 1 is 1.25 bits per heavy atom. The van der Waals surface area contributed by atoms with Crippen molar-refractivity contribution in [2.75, 3.05) is 34.4 Å². The van der Waals surface area contributed by atoms with E-state index in [1.165, 1.54) is 21.2 Å². The number of hydrogen-bond donors (Lipinski definition) is 2. The van der Waals surface area contributed by atoms with Gasteiger partial charge in [-0.05, 0) is 6.92 Å². The summed E-state index contributed by atoms with van der Waals surface area (Å²) < 4.78 is 10.1. The van der Waals surface area contributed by atoms with Crippen molar-refractivity contribution in [3.8, 4) is 0 Å². The van der Waals surface area contributed by atoms with E-state index in [0.717, 1.165) is 4.90 Å². The Morgan fingerprint density at radius 2 is 1.75 bits per heavy atom. The zero-order chi connectivity index (χ0) is 12.6. The minimum absolute atomic E-state index is 0.160. The van der Waals surface area contributed by atoms with Crippen molar-refractivity contribution in [1.82, 2.24) is 15.5 Å². The molecule has 0 aliphatic heterocycles. The lowest BCUT2D eigenvalue weighted by atomic mass is 10.5. The zero-order valence-electron chi connectivity index (χ0n) is 10.1. The fourth-order valence-electron chi connectivity index (χ4n) is 0.943. The second-order valence-electron chi connectivity index (χ2n) is 2.94. The molecule has 16 heavy (non-hydrogen) atoms. The molecule has 1 atom stereocenters. The highest BCUT2D eigenvalue weighted by Gasteiger charge is 2.18. The molecule has 94 valence electrons. The summed E-state index contributed by atoms with van der Waals surface area (Å²) in [5.74, 6) is 0. The van der Waals surface area contributed by atoms with E-state index in [0.29, 0.717) is 0 Å². The van der Waals surface area contributed by atoms with Crippen molar-refractivity contribution in [3.63, 3.8) is 0 Å². The third kappa shape index (κ3) is 4.94. The molecule has 0 aliphatic rings. The molecule has 0 fully saturated rings. The Kier molecular flexibility index (Phi) is 7.23. The quantitative estimate of drug-likeness (QED) is 0.654. The molecule has 0 aromatic carbocycles. The van der Waals surface area contributed by atoms with Crippen LogP contribution in [0.4, 0.5) is 9.59 Å². The van der Waals surface area contributed by atoms with Gasteiger partial charge in [0.1, 0.15) is 0 Å². The van der Waals surface area contributed by atoms with Gasteiger partial charge in [-0.2, -0.15) is 0 Å². The topological polar surface area (TPSA) is 79.9 Å². The number of nitrogens with zero attached hydrogens (tertiary/aromatic N) is 1. The zero-order valence-corrected chi connectivity index (χ0v) is 10.1. The SMILES string of the molecule is CNC(=O)N(CCOC(C)OC)C(=O)NC. The molecule has 0 saturated heterocycles. The standard InChI is InChI=1S/C9H19N3O4/c1-7(15-4)16-6-5-12(8(13)10-2)9(14)11-3/h7H,5-6H2,1-4H3,(H,10,13)(H,11,14). The van der Waals surface area contributed by atoms with Gasteiger partial charge in [0.25, 0.3) is 0 Å². The van der Waals surface area contributed by atoms with Gasteiger partial charge in [0.05, 0.1) is 13.2 Å². The van der Waals surface area contributed by atoms with Gasteiger partial charge in [0, 0.05) is 21.2 Å². The second kappa shape index (κ2) is 7.89. The molecule has 0 saturated carbocycles. The van der Waals surface area contributed by atoms with Crippen LogP contribution in [-0.4, -0.2) is 57.6 Å². The van der Waals surface area contributed by atoms with E-state index in [2.05, 4.69) is 10.6 Å². The maximum atomic E-state index is 11.3. The van der Waals surface area contributed by atoms with Crippen LogP contribution >= 0.6 is 0 Å². The third-order valence-electron chi connectivity index (χ3n) is 1.92. The molecule has 0 aromatic heterocycles. The van der Waals surface area contributed by atoms with Crippen molar-refractivity contribution in [2.45, 2.75) is 13.2 Å². The van der Waals surface area contributed by atoms with Gasteiger partial charge >= 0.3 is 12.1 Å². The Bertz CT molecular complexity index is 219. The fraction of sp³-hybridized carbons (Fsp3) is 0.778. The van der Waals surface area contributed by atoms with Crippen molar-refractivity contribution in [1.29, 1.82) is 0 Å². The normalized spacial score (nSPS) is 11.8. The number of nitrogens with one attached hydrogen (secondary N) is 2. The molecule has 0 spiro atoms. The molecule has 4 amide bonds. The highest BCUT2D eigenvalue weighted by atomic mass is 16.7. The average Bonchev–Trinajstić information content (AvgIpc) is 2.32. The van der Waals surface area contributed by atoms with Gasteiger partial charge in [-0.25, -0.2) is 14.5 Å². The van der Waals surface area contributed by atoms with Crippen LogP contribution in [0, 0.1) is 0 Å². The number of carbonyl (C=O) groups is 2.